The smallest absolute Gasteiger partial charge is 0.133 e. The van der Waals surface area contributed by atoms with E-state index in [4.69, 9.17) is 16.7 Å². The predicted molar refractivity (Wildman–Crippen MR) is 95.8 cm³/mol. The van der Waals surface area contributed by atoms with Crippen LogP contribution < -0.4 is 5.32 Å². The van der Waals surface area contributed by atoms with Crippen LogP contribution in [0, 0.1) is 6.92 Å². The molecule has 0 bridgehead atoms. The fourth-order valence-corrected chi connectivity index (χ4v) is 3.30. The first-order valence-corrected chi connectivity index (χ1v) is 8.51. The van der Waals surface area contributed by atoms with Crippen molar-refractivity contribution in [3.8, 4) is 17.1 Å². The molecule has 122 valence electrons. The van der Waals surface area contributed by atoms with Crippen molar-refractivity contribution in [1.29, 1.82) is 0 Å². The molecular weight excluding hydrogens is 322 g/mol. The second kappa shape index (κ2) is 6.24. The van der Waals surface area contributed by atoms with Crippen LogP contribution in [0.4, 0.5) is 5.82 Å². The van der Waals surface area contributed by atoms with Gasteiger partial charge in [-0.3, -0.25) is 9.97 Å². The molecule has 0 fully saturated rings. The van der Waals surface area contributed by atoms with Gasteiger partial charge in [0.15, 0.2) is 0 Å². The number of nitrogens with zero attached hydrogens (tertiary/aromatic N) is 4. The summed E-state index contributed by atoms with van der Waals surface area (Å²) in [4.78, 5) is 8.64. The first-order valence-electron chi connectivity index (χ1n) is 8.13. The van der Waals surface area contributed by atoms with Crippen LogP contribution in [0.2, 0.25) is 5.02 Å². The minimum Gasteiger partial charge on any atom is -0.370 e. The number of benzene rings is 1. The molecule has 0 atom stereocenters. The summed E-state index contributed by atoms with van der Waals surface area (Å²) in [5, 5.41) is 9.15. The highest BCUT2D eigenvalue weighted by Gasteiger charge is 2.23. The Morgan fingerprint density at radius 1 is 1.21 bits per heavy atom. The van der Waals surface area contributed by atoms with Gasteiger partial charge < -0.3 is 5.32 Å². The van der Waals surface area contributed by atoms with Crippen LogP contribution >= 0.6 is 11.6 Å². The number of rotatable bonds is 2. The van der Waals surface area contributed by atoms with Crippen LogP contribution in [0.1, 0.15) is 24.0 Å². The third kappa shape index (κ3) is 2.55. The van der Waals surface area contributed by atoms with Crippen molar-refractivity contribution in [2.24, 2.45) is 0 Å². The summed E-state index contributed by atoms with van der Waals surface area (Å²) in [6.07, 6.45) is 8.40. The zero-order valence-corrected chi connectivity index (χ0v) is 14.2. The van der Waals surface area contributed by atoms with Gasteiger partial charge in [0, 0.05) is 29.5 Å². The molecule has 0 radical (unpaired) electrons. The number of halogens is 1. The standard InChI is InChI=1S/C18H18ClN5/c1-12-14(19)6-4-7-16(12)24-18-13(5-2-3-8-22-18)17(23-24)15-11-20-9-10-21-15/h4,6-7,9-11,22H,2-3,5,8H2,1H3. The van der Waals surface area contributed by atoms with E-state index in [1.165, 1.54) is 5.56 Å². The molecule has 0 unspecified atom stereocenters. The van der Waals surface area contributed by atoms with Crippen LogP contribution in [0.3, 0.4) is 0 Å². The van der Waals surface area contributed by atoms with Gasteiger partial charge in [0.1, 0.15) is 17.2 Å². The quantitative estimate of drug-likeness (QED) is 0.765. The van der Waals surface area contributed by atoms with E-state index >= 15 is 0 Å². The maximum absolute atomic E-state index is 6.32. The summed E-state index contributed by atoms with van der Waals surface area (Å²) in [6, 6.07) is 5.90. The van der Waals surface area contributed by atoms with Crippen LogP contribution in [0.25, 0.3) is 17.1 Å². The highest BCUT2D eigenvalue weighted by atomic mass is 35.5. The normalized spacial score (nSPS) is 13.9. The Morgan fingerprint density at radius 3 is 2.96 bits per heavy atom. The van der Waals surface area contributed by atoms with Crippen LogP contribution in [-0.2, 0) is 6.42 Å². The Labute approximate surface area is 145 Å². The maximum atomic E-state index is 6.32. The summed E-state index contributed by atoms with van der Waals surface area (Å²) in [5.41, 5.74) is 4.90. The molecule has 1 N–H and O–H groups in total. The Kier molecular flexibility index (Phi) is 3.94. The van der Waals surface area contributed by atoms with Crippen LogP contribution in [0.5, 0.6) is 0 Å². The lowest BCUT2D eigenvalue weighted by molar-refractivity contribution is 0.779. The molecule has 24 heavy (non-hydrogen) atoms. The first kappa shape index (κ1) is 15.1. The van der Waals surface area contributed by atoms with Crippen molar-refractivity contribution in [2.45, 2.75) is 26.2 Å². The van der Waals surface area contributed by atoms with Crippen LogP contribution in [-0.4, -0.2) is 26.3 Å². The summed E-state index contributed by atoms with van der Waals surface area (Å²) >= 11 is 6.32. The van der Waals surface area contributed by atoms with Crippen molar-refractivity contribution in [1.82, 2.24) is 19.7 Å². The number of hydrogen-bond acceptors (Lipinski definition) is 4. The summed E-state index contributed by atoms with van der Waals surface area (Å²) in [5.74, 6) is 1.04. The van der Waals surface area contributed by atoms with Crippen molar-refractivity contribution < 1.29 is 0 Å². The van der Waals surface area contributed by atoms with E-state index in [-0.39, 0.29) is 0 Å². The fraction of sp³-hybridized carbons (Fsp3) is 0.278. The zero-order chi connectivity index (χ0) is 16.5. The molecule has 6 heteroatoms. The number of anilines is 1. The Morgan fingerprint density at radius 2 is 2.12 bits per heavy atom. The van der Waals surface area contributed by atoms with E-state index in [2.05, 4.69) is 15.3 Å². The summed E-state index contributed by atoms with van der Waals surface area (Å²) in [6.45, 7) is 2.96. The molecule has 0 spiro atoms. The molecular formula is C18H18ClN5. The third-order valence-corrected chi connectivity index (χ3v) is 4.81. The molecule has 0 saturated heterocycles. The molecule has 1 aliphatic rings. The van der Waals surface area contributed by atoms with E-state index in [9.17, 15) is 0 Å². The van der Waals surface area contributed by atoms with Gasteiger partial charge >= 0.3 is 0 Å². The number of hydrogen-bond donors (Lipinski definition) is 1. The van der Waals surface area contributed by atoms with E-state index in [0.29, 0.717) is 0 Å². The van der Waals surface area contributed by atoms with E-state index < -0.39 is 0 Å². The summed E-state index contributed by atoms with van der Waals surface area (Å²) in [7, 11) is 0. The topological polar surface area (TPSA) is 55.6 Å². The SMILES string of the molecule is Cc1c(Cl)cccc1-n1nc(-c2cnccn2)c2c1NCCCC2. The predicted octanol–water partition coefficient (Wildman–Crippen LogP) is 4.04. The minimum atomic E-state index is 0.742. The van der Waals surface area contributed by atoms with Gasteiger partial charge in [-0.25, -0.2) is 4.68 Å². The number of nitrogens with one attached hydrogen (secondary N) is 1. The van der Waals surface area contributed by atoms with Gasteiger partial charge in [-0.1, -0.05) is 17.7 Å². The van der Waals surface area contributed by atoms with Crippen molar-refractivity contribution in [3.05, 3.63) is 52.9 Å². The van der Waals surface area contributed by atoms with E-state index in [0.717, 1.165) is 59.3 Å². The zero-order valence-electron chi connectivity index (χ0n) is 13.5. The van der Waals surface area contributed by atoms with Gasteiger partial charge in [0.2, 0.25) is 0 Å². The molecule has 2 aromatic heterocycles. The molecule has 5 nitrogen and oxygen atoms in total. The average molecular weight is 340 g/mol. The maximum Gasteiger partial charge on any atom is 0.133 e. The number of fused-ring (bicyclic) bond motifs is 1. The van der Waals surface area contributed by atoms with Gasteiger partial charge in [-0.05, 0) is 43.9 Å². The Bertz CT molecular complexity index is 873. The van der Waals surface area contributed by atoms with Crippen molar-refractivity contribution in [2.75, 3.05) is 11.9 Å². The third-order valence-electron chi connectivity index (χ3n) is 4.40. The van der Waals surface area contributed by atoms with Gasteiger partial charge in [0.25, 0.3) is 0 Å². The second-order valence-corrected chi connectivity index (χ2v) is 6.35. The van der Waals surface area contributed by atoms with Gasteiger partial charge in [-0.2, -0.15) is 5.10 Å². The lowest BCUT2D eigenvalue weighted by atomic mass is 10.1. The molecule has 1 aromatic carbocycles. The molecule has 4 rings (SSSR count). The highest BCUT2D eigenvalue weighted by molar-refractivity contribution is 6.31. The molecule has 3 aromatic rings. The Hall–Kier alpha value is -2.40. The van der Waals surface area contributed by atoms with E-state index in [1.807, 2.05) is 29.8 Å². The largest absolute Gasteiger partial charge is 0.370 e. The molecule has 3 heterocycles. The summed E-state index contributed by atoms with van der Waals surface area (Å²) < 4.78 is 1.96. The van der Waals surface area contributed by atoms with Crippen molar-refractivity contribution >= 4 is 17.4 Å². The lowest BCUT2D eigenvalue weighted by Crippen LogP contribution is -2.08. The molecule has 0 saturated carbocycles. The van der Waals surface area contributed by atoms with Crippen molar-refractivity contribution in [3.63, 3.8) is 0 Å². The highest BCUT2D eigenvalue weighted by Crippen LogP contribution is 2.34. The molecule has 1 aliphatic heterocycles. The van der Waals surface area contributed by atoms with Gasteiger partial charge in [-0.15, -0.1) is 0 Å². The van der Waals surface area contributed by atoms with E-state index in [1.54, 1.807) is 18.6 Å². The first-order chi connectivity index (χ1) is 11.8. The number of aromatic nitrogens is 4. The average Bonchev–Trinajstić information content (AvgIpc) is 2.79. The molecule has 0 aliphatic carbocycles. The monoisotopic (exact) mass is 339 g/mol. The second-order valence-electron chi connectivity index (χ2n) is 5.95. The lowest BCUT2D eigenvalue weighted by Gasteiger charge is -2.12. The minimum absolute atomic E-state index is 0.742. The fourth-order valence-electron chi connectivity index (χ4n) is 3.13. The Balaban J connectivity index is 1.95. The van der Waals surface area contributed by atoms with Crippen LogP contribution in [0.15, 0.2) is 36.8 Å². The van der Waals surface area contributed by atoms with Gasteiger partial charge in [0.05, 0.1) is 11.9 Å². The molecule has 0 amide bonds.